The molecule has 0 aliphatic carbocycles. The van der Waals surface area contributed by atoms with Crippen molar-refractivity contribution in [3.05, 3.63) is 34.9 Å². The Kier molecular flexibility index (Phi) is 9.37. The summed E-state index contributed by atoms with van der Waals surface area (Å²) in [4.78, 5) is 38.9. The van der Waals surface area contributed by atoms with Crippen LogP contribution in [0.15, 0.2) is 24.3 Å². The van der Waals surface area contributed by atoms with Crippen LogP contribution in [0.3, 0.4) is 0 Å². The van der Waals surface area contributed by atoms with E-state index < -0.39 is 12.1 Å². The van der Waals surface area contributed by atoms with E-state index in [2.05, 4.69) is 36.6 Å². The van der Waals surface area contributed by atoms with E-state index in [9.17, 15) is 14.4 Å². The predicted molar refractivity (Wildman–Crippen MR) is 126 cm³/mol. The lowest BCUT2D eigenvalue weighted by molar-refractivity contribution is -0.143. The third-order valence-electron chi connectivity index (χ3n) is 5.95. The summed E-state index contributed by atoms with van der Waals surface area (Å²) in [6.45, 7) is 11.6. The highest BCUT2D eigenvalue weighted by atomic mass is 35.5. The van der Waals surface area contributed by atoms with E-state index in [0.29, 0.717) is 30.6 Å². The molecule has 1 heterocycles. The topological polar surface area (TPSA) is 87.7 Å². The van der Waals surface area contributed by atoms with Gasteiger partial charge in [-0.25, -0.2) is 4.79 Å². The number of rotatable bonds is 8. The molecule has 1 aromatic rings. The van der Waals surface area contributed by atoms with Gasteiger partial charge in [0.15, 0.2) is 0 Å². The second kappa shape index (κ2) is 11.5. The van der Waals surface area contributed by atoms with Crippen LogP contribution < -0.4 is 10.6 Å². The fraction of sp³-hybridized carbons (Fsp3) is 0.625. The molecule has 1 aliphatic heterocycles. The molecule has 178 valence electrons. The van der Waals surface area contributed by atoms with E-state index in [1.54, 1.807) is 6.92 Å². The number of hydrogen-bond donors (Lipinski definition) is 2. The normalized spacial score (nSPS) is 18.7. The molecule has 0 spiro atoms. The number of piperidine rings is 1. The van der Waals surface area contributed by atoms with Crippen LogP contribution in [0.5, 0.6) is 0 Å². The molecular formula is C24H36ClN3O4. The Morgan fingerprint density at radius 3 is 2.44 bits per heavy atom. The molecule has 1 aromatic carbocycles. The number of esters is 1. The maximum absolute atomic E-state index is 13.3. The van der Waals surface area contributed by atoms with Crippen molar-refractivity contribution >= 4 is 29.5 Å². The molecule has 0 saturated carbocycles. The maximum Gasteiger partial charge on any atom is 0.315 e. The minimum absolute atomic E-state index is 0.0737. The zero-order chi connectivity index (χ0) is 23.9. The van der Waals surface area contributed by atoms with Gasteiger partial charge in [-0.05, 0) is 48.3 Å². The number of nitrogens with one attached hydrogen (secondary N) is 2. The van der Waals surface area contributed by atoms with Crippen LogP contribution in [0.2, 0.25) is 5.02 Å². The average Bonchev–Trinajstić information content (AvgIpc) is 2.71. The molecule has 1 aliphatic rings. The Hall–Kier alpha value is -2.28. The fourth-order valence-electron chi connectivity index (χ4n) is 4.27. The fourth-order valence-corrected chi connectivity index (χ4v) is 4.40. The van der Waals surface area contributed by atoms with Crippen LogP contribution in [0.4, 0.5) is 4.79 Å². The van der Waals surface area contributed by atoms with Crippen LogP contribution in [0.25, 0.3) is 0 Å². The summed E-state index contributed by atoms with van der Waals surface area (Å²) in [7, 11) is 0. The zero-order valence-corrected chi connectivity index (χ0v) is 20.5. The van der Waals surface area contributed by atoms with Crippen molar-refractivity contribution in [2.24, 2.45) is 11.3 Å². The van der Waals surface area contributed by atoms with Crippen molar-refractivity contribution in [3.8, 4) is 0 Å². The molecule has 0 radical (unpaired) electrons. The SMILES string of the molecule is CCOC(=O)CCNC(=O)N[C@@H](C(=O)N1CCC(c2ccc(Cl)cc2)C(C)(C)C1)C(C)C. The van der Waals surface area contributed by atoms with E-state index in [0.717, 1.165) is 6.42 Å². The molecule has 32 heavy (non-hydrogen) atoms. The summed E-state index contributed by atoms with van der Waals surface area (Å²) in [6, 6.07) is 6.83. The number of benzene rings is 1. The van der Waals surface area contributed by atoms with Crippen molar-refractivity contribution in [1.29, 1.82) is 0 Å². The first kappa shape index (κ1) is 26.0. The highest BCUT2D eigenvalue weighted by molar-refractivity contribution is 6.30. The van der Waals surface area contributed by atoms with Gasteiger partial charge in [0.1, 0.15) is 6.04 Å². The van der Waals surface area contributed by atoms with Crippen LogP contribution in [0, 0.1) is 11.3 Å². The van der Waals surface area contributed by atoms with Crippen LogP contribution >= 0.6 is 11.6 Å². The number of carbonyl (C=O) groups excluding carboxylic acids is 3. The Bertz CT molecular complexity index is 795. The molecule has 0 bridgehead atoms. The van der Waals surface area contributed by atoms with E-state index in [-0.39, 0.29) is 36.2 Å². The van der Waals surface area contributed by atoms with Gasteiger partial charge in [0.25, 0.3) is 0 Å². The van der Waals surface area contributed by atoms with Crippen LogP contribution in [0.1, 0.15) is 58.9 Å². The smallest absolute Gasteiger partial charge is 0.315 e. The lowest BCUT2D eigenvalue weighted by atomic mass is 9.70. The molecule has 2 atom stereocenters. The second-order valence-electron chi connectivity index (χ2n) is 9.32. The first-order valence-electron chi connectivity index (χ1n) is 11.3. The number of likely N-dealkylation sites (tertiary alicyclic amines) is 1. The highest BCUT2D eigenvalue weighted by Crippen LogP contribution is 2.42. The summed E-state index contributed by atoms with van der Waals surface area (Å²) in [6.07, 6.45) is 0.935. The summed E-state index contributed by atoms with van der Waals surface area (Å²) in [5.41, 5.74) is 1.11. The van der Waals surface area contributed by atoms with Gasteiger partial charge in [-0.1, -0.05) is 51.4 Å². The van der Waals surface area contributed by atoms with Gasteiger partial charge < -0.3 is 20.3 Å². The standard InChI is InChI=1S/C24H36ClN3O4/c1-6-32-20(29)11-13-26-23(31)27-21(16(2)3)22(30)28-14-12-19(24(4,5)15-28)17-7-9-18(25)10-8-17/h7-10,16,19,21H,6,11-15H2,1-5H3,(H2,26,27,31)/t19?,21-/m1/s1. The predicted octanol–water partition coefficient (Wildman–Crippen LogP) is 3.96. The van der Waals surface area contributed by atoms with Gasteiger partial charge in [0.05, 0.1) is 13.0 Å². The van der Waals surface area contributed by atoms with Crippen molar-refractivity contribution < 1.29 is 19.1 Å². The minimum atomic E-state index is -0.638. The monoisotopic (exact) mass is 465 g/mol. The molecule has 8 heteroatoms. The number of hydrogen-bond acceptors (Lipinski definition) is 4. The van der Waals surface area contributed by atoms with Gasteiger partial charge in [-0.2, -0.15) is 0 Å². The van der Waals surface area contributed by atoms with Crippen LogP contribution in [-0.2, 0) is 14.3 Å². The zero-order valence-electron chi connectivity index (χ0n) is 19.7. The van der Waals surface area contributed by atoms with Gasteiger partial charge in [-0.15, -0.1) is 0 Å². The van der Waals surface area contributed by atoms with Gasteiger partial charge in [0.2, 0.25) is 5.91 Å². The number of ether oxygens (including phenoxy) is 1. The van der Waals surface area contributed by atoms with E-state index in [4.69, 9.17) is 16.3 Å². The summed E-state index contributed by atoms with van der Waals surface area (Å²) < 4.78 is 4.85. The molecule has 1 unspecified atom stereocenters. The third-order valence-corrected chi connectivity index (χ3v) is 6.20. The Morgan fingerprint density at radius 1 is 1.22 bits per heavy atom. The average molecular weight is 466 g/mol. The van der Waals surface area contributed by atoms with Gasteiger partial charge in [-0.3, -0.25) is 9.59 Å². The van der Waals surface area contributed by atoms with Crippen molar-refractivity contribution in [2.75, 3.05) is 26.2 Å². The quantitative estimate of drug-likeness (QED) is 0.569. The molecule has 0 aromatic heterocycles. The van der Waals surface area contributed by atoms with Gasteiger partial charge >= 0.3 is 12.0 Å². The Morgan fingerprint density at radius 2 is 1.88 bits per heavy atom. The summed E-state index contributed by atoms with van der Waals surface area (Å²) in [5.74, 6) is -0.200. The van der Waals surface area contributed by atoms with Crippen molar-refractivity contribution in [1.82, 2.24) is 15.5 Å². The molecule has 1 saturated heterocycles. The molecule has 1 fully saturated rings. The molecular weight excluding hydrogens is 430 g/mol. The van der Waals surface area contributed by atoms with E-state index in [1.165, 1.54) is 5.56 Å². The third kappa shape index (κ3) is 7.12. The highest BCUT2D eigenvalue weighted by Gasteiger charge is 2.40. The van der Waals surface area contributed by atoms with E-state index in [1.807, 2.05) is 30.9 Å². The molecule has 2 N–H and O–H groups in total. The van der Waals surface area contributed by atoms with E-state index >= 15 is 0 Å². The lowest BCUT2D eigenvalue weighted by Gasteiger charge is -2.45. The largest absolute Gasteiger partial charge is 0.466 e. The molecule has 2 rings (SSSR count). The lowest BCUT2D eigenvalue weighted by Crippen LogP contribution is -2.57. The Labute approximate surface area is 196 Å². The van der Waals surface area contributed by atoms with Gasteiger partial charge in [0, 0.05) is 24.7 Å². The molecule has 3 amide bonds. The van der Waals surface area contributed by atoms with Crippen molar-refractivity contribution in [2.45, 2.75) is 59.4 Å². The Balaban J connectivity index is 1.97. The molecule has 7 nitrogen and oxygen atoms in total. The maximum atomic E-state index is 13.3. The minimum Gasteiger partial charge on any atom is -0.466 e. The number of urea groups is 1. The number of carbonyl (C=O) groups is 3. The van der Waals surface area contributed by atoms with Crippen molar-refractivity contribution in [3.63, 3.8) is 0 Å². The number of nitrogens with zero attached hydrogens (tertiary/aromatic N) is 1. The number of halogens is 1. The first-order chi connectivity index (χ1) is 15.0. The second-order valence-corrected chi connectivity index (χ2v) is 9.75. The van der Waals surface area contributed by atoms with Crippen LogP contribution in [-0.4, -0.2) is 55.1 Å². The summed E-state index contributed by atoms with van der Waals surface area (Å²) >= 11 is 6.04. The summed E-state index contributed by atoms with van der Waals surface area (Å²) in [5, 5.41) is 6.13. The number of amides is 3. The first-order valence-corrected chi connectivity index (χ1v) is 11.7.